The smallest absolute Gasteiger partial charge is 0.129 e. The molecule has 0 atom stereocenters. The van der Waals surface area contributed by atoms with Crippen molar-refractivity contribution < 1.29 is 0 Å². The van der Waals surface area contributed by atoms with Crippen LogP contribution < -0.4 is 5.73 Å². The van der Waals surface area contributed by atoms with Gasteiger partial charge in [0, 0.05) is 11.8 Å². The Balaban J connectivity index is 2.12. The van der Waals surface area contributed by atoms with E-state index in [0.717, 1.165) is 12.0 Å². The molecule has 0 aromatic carbocycles. The van der Waals surface area contributed by atoms with Gasteiger partial charge in [0.25, 0.3) is 0 Å². The molecule has 15 heavy (non-hydrogen) atoms. The Hall–Kier alpha value is -1.12. The van der Waals surface area contributed by atoms with E-state index < -0.39 is 0 Å². The van der Waals surface area contributed by atoms with E-state index in [-0.39, 0.29) is 0 Å². The predicted octanol–water partition coefficient (Wildman–Crippen LogP) is 2.96. The van der Waals surface area contributed by atoms with Crippen LogP contribution in [0.1, 0.15) is 51.0 Å². The molecule has 3 heteroatoms. The van der Waals surface area contributed by atoms with Crippen LogP contribution in [0, 0.1) is 0 Å². The van der Waals surface area contributed by atoms with Crippen LogP contribution in [0.15, 0.2) is 12.5 Å². The van der Waals surface area contributed by atoms with Crippen molar-refractivity contribution in [2.75, 3.05) is 5.73 Å². The van der Waals surface area contributed by atoms with Crippen LogP contribution in [0.3, 0.4) is 0 Å². The number of hydrogen-bond acceptors (Lipinski definition) is 3. The highest BCUT2D eigenvalue weighted by molar-refractivity contribution is 5.36. The van der Waals surface area contributed by atoms with Crippen LogP contribution in [0.25, 0.3) is 0 Å². The Morgan fingerprint density at radius 2 is 1.87 bits per heavy atom. The molecule has 0 fully saturated rings. The third kappa shape index (κ3) is 4.77. The first-order chi connectivity index (χ1) is 7.34. The van der Waals surface area contributed by atoms with Crippen LogP contribution in [0.2, 0.25) is 0 Å². The zero-order valence-corrected chi connectivity index (χ0v) is 9.58. The van der Waals surface area contributed by atoms with E-state index >= 15 is 0 Å². The van der Waals surface area contributed by atoms with Crippen molar-refractivity contribution in [3.8, 4) is 0 Å². The standard InChI is InChI=1S/C12H21N3/c1-2-3-4-5-6-7-8-11-9-14-10-15-12(11)13/h9-10H,2-8H2,1H3,(H2,13,14,15). The molecule has 0 spiro atoms. The molecular weight excluding hydrogens is 186 g/mol. The van der Waals surface area contributed by atoms with Crippen molar-refractivity contribution in [2.24, 2.45) is 0 Å². The molecule has 1 rings (SSSR count). The quantitative estimate of drug-likeness (QED) is 0.699. The number of nitrogens with two attached hydrogens (primary N) is 1. The van der Waals surface area contributed by atoms with Gasteiger partial charge in [0.2, 0.25) is 0 Å². The van der Waals surface area contributed by atoms with Crippen molar-refractivity contribution in [3.63, 3.8) is 0 Å². The van der Waals surface area contributed by atoms with E-state index in [1.165, 1.54) is 44.9 Å². The van der Waals surface area contributed by atoms with E-state index in [1.807, 2.05) is 6.20 Å². The molecule has 0 saturated carbocycles. The predicted molar refractivity (Wildman–Crippen MR) is 63.5 cm³/mol. The number of nitrogen functional groups attached to an aromatic ring is 1. The number of aryl methyl sites for hydroxylation is 1. The second kappa shape index (κ2) is 7.21. The van der Waals surface area contributed by atoms with Crippen LogP contribution in [-0.4, -0.2) is 9.97 Å². The number of rotatable bonds is 7. The molecule has 0 aliphatic heterocycles. The summed E-state index contributed by atoms with van der Waals surface area (Å²) in [6, 6.07) is 0. The van der Waals surface area contributed by atoms with Crippen LogP contribution in [0.4, 0.5) is 5.82 Å². The van der Waals surface area contributed by atoms with E-state index in [0.29, 0.717) is 5.82 Å². The van der Waals surface area contributed by atoms with Crippen molar-refractivity contribution in [1.29, 1.82) is 0 Å². The average Bonchev–Trinajstić information content (AvgIpc) is 2.25. The summed E-state index contributed by atoms with van der Waals surface area (Å²) in [6.45, 7) is 2.24. The molecule has 1 aromatic rings. The monoisotopic (exact) mass is 207 g/mol. The number of nitrogens with zero attached hydrogens (tertiary/aromatic N) is 2. The molecule has 3 nitrogen and oxygen atoms in total. The average molecular weight is 207 g/mol. The summed E-state index contributed by atoms with van der Waals surface area (Å²) in [5.74, 6) is 0.638. The van der Waals surface area contributed by atoms with E-state index in [9.17, 15) is 0 Å². The summed E-state index contributed by atoms with van der Waals surface area (Å²) in [6.07, 6.45) is 12.2. The van der Waals surface area contributed by atoms with Crippen molar-refractivity contribution in [3.05, 3.63) is 18.1 Å². The first kappa shape index (κ1) is 12.0. The second-order valence-electron chi connectivity index (χ2n) is 3.95. The zero-order valence-electron chi connectivity index (χ0n) is 9.58. The molecule has 0 aliphatic rings. The summed E-state index contributed by atoms with van der Waals surface area (Å²) in [5.41, 5.74) is 6.82. The lowest BCUT2D eigenvalue weighted by Gasteiger charge is -2.03. The maximum absolute atomic E-state index is 5.73. The van der Waals surface area contributed by atoms with Gasteiger partial charge in [-0.3, -0.25) is 0 Å². The molecular formula is C12H21N3. The number of unbranched alkanes of at least 4 members (excludes halogenated alkanes) is 5. The van der Waals surface area contributed by atoms with Crippen LogP contribution >= 0.6 is 0 Å². The largest absolute Gasteiger partial charge is 0.383 e. The number of hydrogen-bond donors (Lipinski definition) is 1. The third-order valence-corrected chi connectivity index (χ3v) is 2.62. The zero-order chi connectivity index (χ0) is 10.9. The van der Waals surface area contributed by atoms with Crippen molar-refractivity contribution >= 4 is 5.82 Å². The molecule has 1 aromatic heterocycles. The van der Waals surface area contributed by atoms with Gasteiger partial charge in [-0.25, -0.2) is 9.97 Å². The summed E-state index contributed by atoms with van der Waals surface area (Å²) in [5, 5.41) is 0. The number of anilines is 1. The minimum atomic E-state index is 0.638. The Labute approximate surface area is 92.1 Å². The van der Waals surface area contributed by atoms with E-state index in [1.54, 1.807) is 0 Å². The lowest BCUT2D eigenvalue weighted by atomic mass is 10.1. The molecule has 2 N–H and O–H groups in total. The summed E-state index contributed by atoms with van der Waals surface area (Å²) in [7, 11) is 0. The Kier molecular flexibility index (Phi) is 5.74. The highest BCUT2D eigenvalue weighted by atomic mass is 14.9. The Bertz CT molecular complexity index is 273. The van der Waals surface area contributed by atoms with Gasteiger partial charge in [0.1, 0.15) is 12.1 Å². The van der Waals surface area contributed by atoms with Gasteiger partial charge in [-0.1, -0.05) is 39.0 Å². The molecule has 1 heterocycles. The molecule has 0 amide bonds. The van der Waals surface area contributed by atoms with Gasteiger partial charge in [0.15, 0.2) is 0 Å². The second-order valence-corrected chi connectivity index (χ2v) is 3.95. The fraction of sp³-hybridized carbons (Fsp3) is 0.667. The Morgan fingerprint density at radius 3 is 2.60 bits per heavy atom. The highest BCUT2D eigenvalue weighted by Crippen LogP contribution is 2.12. The minimum Gasteiger partial charge on any atom is -0.383 e. The first-order valence-electron chi connectivity index (χ1n) is 5.89. The van der Waals surface area contributed by atoms with Gasteiger partial charge in [-0.05, 0) is 12.8 Å². The molecule has 0 unspecified atom stereocenters. The van der Waals surface area contributed by atoms with Crippen molar-refractivity contribution in [2.45, 2.75) is 51.9 Å². The molecule has 0 aliphatic carbocycles. The normalized spacial score (nSPS) is 10.5. The molecule has 84 valence electrons. The van der Waals surface area contributed by atoms with Gasteiger partial charge >= 0.3 is 0 Å². The maximum atomic E-state index is 5.73. The SMILES string of the molecule is CCCCCCCCc1cncnc1N. The van der Waals surface area contributed by atoms with E-state index in [4.69, 9.17) is 5.73 Å². The van der Waals surface area contributed by atoms with Crippen molar-refractivity contribution in [1.82, 2.24) is 9.97 Å². The number of aromatic nitrogens is 2. The van der Waals surface area contributed by atoms with Gasteiger partial charge in [0.05, 0.1) is 0 Å². The van der Waals surface area contributed by atoms with Crippen LogP contribution in [0.5, 0.6) is 0 Å². The molecule has 0 saturated heterocycles. The maximum Gasteiger partial charge on any atom is 0.129 e. The van der Waals surface area contributed by atoms with Gasteiger partial charge < -0.3 is 5.73 Å². The lowest BCUT2D eigenvalue weighted by molar-refractivity contribution is 0.607. The summed E-state index contributed by atoms with van der Waals surface area (Å²) >= 11 is 0. The summed E-state index contributed by atoms with van der Waals surface area (Å²) < 4.78 is 0. The third-order valence-electron chi connectivity index (χ3n) is 2.62. The topological polar surface area (TPSA) is 51.8 Å². The minimum absolute atomic E-state index is 0.638. The van der Waals surface area contributed by atoms with Crippen LogP contribution in [-0.2, 0) is 6.42 Å². The fourth-order valence-corrected chi connectivity index (χ4v) is 1.66. The lowest BCUT2D eigenvalue weighted by Crippen LogP contribution is -1.98. The van der Waals surface area contributed by atoms with E-state index in [2.05, 4.69) is 16.9 Å². The molecule has 0 bridgehead atoms. The van der Waals surface area contributed by atoms with Gasteiger partial charge in [-0.2, -0.15) is 0 Å². The fourth-order valence-electron chi connectivity index (χ4n) is 1.66. The van der Waals surface area contributed by atoms with Gasteiger partial charge in [-0.15, -0.1) is 0 Å². The Morgan fingerprint density at radius 1 is 1.13 bits per heavy atom. The first-order valence-corrected chi connectivity index (χ1v) is 5.89. The molecule has 0 radical (unpaired) electrons. The summed E-state index contributed by atoms with van der Waals surface area (Å²) in [4.78, 5) is 7.96. The highest BCUT2D eigenvalue weighted by Gasteiger charge is 1.99.